The van der Waals surface area contributed by atoms with Crippen molar-refractivity contribution in [3.63, 3.8) is 0 Å². The lowest BCUT2D eigenvalue weighted by atomic mass is 10.0. The zero-order chi connectivity index (χ0) is 17.3. The van der Waals surface area contributed by atoms with Gasteiger partial charge in [-0.1, -0.05) is 18.2 Å². The lowest BCUT2D eigenvalue weighted by Gasteiger charge is -2.21. The SMILES string of the molecule is Cc1nc2ccccc2c(C)c1C(=O)O[C@@H](C)C(=O)N1CCCC1. The Morgan fingerprint density at radius 1 is 1.17 bits per heavy atom. The van der Waals surface area contributed by atoms with Crippen molar-refractivity contribution in [1.29, 1.82) is 0 Å². The molecule has 2 aromatic rings. The number of pyridine rings is 1. The normalized spacial score (nSPS) is 15.5. The van der Waals surface area contributed by atoms with E-state index in [1.807, 2.05) is 31.2 Å². The summed E-state index contributed by atoms with van der Waals surface area (Å²) in [6.45, 7) is 6.81. The van der Waals surface area contributed by atoms with E-state index in [1.54, 1.807) is 18.7 Å². The third-order valence-corrected chi connectivity index (χ3v) is 4.59. The van der Waals surface area contributed by atoms with E-state index in [2.05, 4.69) is 4.98 Å². The number of rotatable bonds is 3. The van der Waals surface area contributed by atoms with Gasteiger partial charge in [0.25, 0.3) is 5.91 Å². The van der Waals surface area contributed by atoms with Gasteiger partial charge in [-0.15, -0.1) is 0 Å². The van der Waals surface area contributed by atoms with Crippen molar-refractivity contribution in [2.45, 2.75) is 39.7 Å². The number of carbonyl (C=O) groups excluding carboxylic acids is 2. The molecule has 1 aliphatic rings. The van der Waals surface area contributed by atoms with Crippen molar-refractivity contribution in [1.82, 2.24) is 9.88 Å². The molecule has 0 spiro atoms. The molecule has 3 rings (SSSR count). The van der Waals surface area contributed by atoms with Crippen LogP contribution in [0.5, 0.6) is 0 Å². The van der Waals surface area contributed by atoms with E-state index < -0.39 is 12.1 Å². The van der Waals surface area contributed by atoms with Crippen LogP contribution < -0.4 is 0 Å². The molecule has 1 atom stereocenters. The van der Waals surface area contributed by atoms with Crippen molar-refractivity contribution in [3.8, 4) is 0 Å². The predicted molar refractivity (Wildman–Crippen MR) is 91.9 cm³/mol. The molecule has 5 nitrogen and oxygen atoms in total. The molecule has 1 aliphatic heterocycles. The molecule has 0 N–H and O–H groups in total. The highest BCUT2D eigenvalue weighted by Crippen LogP contribution is 2.23. The Kier molecular flexibility index (Phi) is 4.51. The second-order valence-corrected chi connectivity index (χ2v) is 6.29. The molecule has 0 aliphatic carbocycles. The van der Waals surface area contributed by atoms with Crippen LogP contribution in [0.2, 0.25) is 0 Å². The zero-order valence-electron chi connectivity index (χ0n) is 14.3. The smallest absolute Gasteiger partial charge is 0.341 e. The average Bonchev–Trinajstić information content (AvgIpc) is 3.08. The van der Waals surface area contributed by atoms with Crippen molar-refractivity contribution in [3.05, 3.63) is 41.1 Å². The number of nitrogens with zero attached hydrogens (tertiary/aromatic N) is 2. The van der Waals surface area contributed by atoms with Gasteiger partial charge < -0.3 is 9.64 Å². The lowest BCUT2D eigenvalue weighted by molar-refractivity contribution is -0.138. The number of likely N-dealkylation sites (tertiary alicyclic amines) is 1. The summed E-state index contributed by atoms with van der Waals surface area (Å²) in [5.74, 6) is -0.604. The highest BCUT2D eigenvalue weighted by Gasteiger charge is 2.27. The standard InChI is InChI=1S/C19H22N2O3/c1-12-15-8-4-5-9-16(15)20-13(2)17(12)19(23)24-14(3)18(22)21-10-6-7-11-21/h4-5,8-9,14H,6-7,10-11H2,1-3H3/t14-/m0/s1. The fourth-order valence-corrected chi connectivity index (χ4v) is 3.30. The van der Waals surface area contributed by atoms with Gasteiger partial charge in [0.1, 0.15) is 0 Å². The quantitative estimate of drug-likeness (QED) is 0.814. The summed E-state index contributed by atoms with van der Waals surface area (Å²) in [5.41, 5.74) is 2.76. The highest BCUT2D eigenvalue weighted by atomic mass is 16.5. The molecule has 1 aromatic carbocycles. The van der Waals surface area contributed by atoms with E-state index in [1.165, 1.54) is 0 Å². The second kappa shape index (κ2) is 6.59. The number of hydrogen-bond donors (Lipinski definition) is 0. The maximum atomic E-state index is 12.6. The van der Waals surface area contributed by atoms with Crippen LogP contribution in [-0.2, 0) is 9.53 Å². The number of hydrogen-bond acceptors (Lipinski definition) is 4. The number of carbonyl (C=O) groups is 2. The molecule has 0 radical (unpaired) electrons. The van der Waals surface area contributed by atoms with Crippen LogP contribution >= 0.6 is 0 Å². The number of ether oxygens (including phenoxy) is 1. The first-order chi connectivity index (χ1) is 11.5. The molecule has 1 saturated heterocycles. The highest BCUT2D eigenvalue weighted by molar-refractivity contribution is 5.99. The third-order valence-electron chi connectivity index (χ3n) is 4.59. The van der Waals surface area contributed by atoms with Gasteiger partial charge >= 0.3 is 5.97 Å². The van der Waals surface area contributed by atoms with Crippen LogP contribution in [0.3, 0.4) is 0 Å². The predicted octanol–water partition coefficient (Wildman–Crippen LogP) is 3.02. The number of esters is 1. The first-order valence-corrected chi connectivity index (χ1v) is 8.34. The van der Waals surface area contributed by atoms with E-state index in [-0.39, 0.29) is 5.91 Å². The Bertz CT molecular complexity index is 795. The molecule has 1 aromatic heterocycles. The Balaban J connectivity index is 1.84. The Morgan fingerprint density at radius 3 is 2.54 bits per heavy atom. The Labute approximate surface area is 141 Å². The van der Waals surface area contributed by atoms with Crippen LogP contribution in [0, 0.1) is 13.8 Å². The van der Waals surface area contributed by atoms with Gasteiger partial charge in [0.05, 0.1) is 16.8 Å². The minimum atomic E-state index is -0.777. The van der Waals surface area contributed by atoms with Crippen molar-refractivity contribution in [2.75, 3.05) is 13.1 Å². The maximum Gasteiger partial charge on any atom is 0.341 e. The minimum Gasteiger partial charge on any atom is -0.449 e. The summed E-state index contributed by atoms with van der Waals surface area (Å²) in [4.78, 5) is 31.2. The lowest BCUT2D eigenvalue weighted by Crippen LogP contribution is -2.38. The van der Waals surface area contributed by atoms with Gasteiger partial charge in [0.15, 0.2) is 6.10 Å². The second-order valence-electron chi connectivity index (χ2n) is 6.29. The summed E-state index contributed by atoms with van der Waals surface area (Å²) in [7, 11) is 0. The van der Waals surface area contributed by atoms with Crippen molar-refractivity contribution in [2.24, 2.45) is 0 Å². The maximum absolute atomic E-state index is 12.6. The molecule has 126 valence electrons. The average molecular weight is 326 g/mol. The molecule has 1 fully saturated rings. The summed E-state index contributed by atoms with van der Waals surface area (Å²) in [6, 6.07) is 7.70. The molecule has 24 heavy (non-hydrogen) atoms. The van der Waals surface area contributed by atoms with Gasteiger partial charge in [0.2, 0.25) is 0 Å². The number of para-hydroxylation sites is 1. The van der Waals surface area contributed by atoms with Crippen LogP contribution in [0.1, 0.15) is 41.4 Å². The number of benzene rings is 1. The number of amides is 1. The first-order valence-electron chi connectivity index (χ1n) is 8.34. The van der Waals surface area contributed by atoms with Crippen LogP contribution in [0.25, 0.3) is 10.9 Å². The van der Waals surface area contributed by atoms with E-state index in [9.17, 15) is 9.59 Å². The summed E-state index contributed by atoms with van der Waals surface area (Å²) in [6.07, 6.45) is 1.25. The molecular weight excluding hydrogens is 304 g/mol. The number of aromatic nitrogens is 1. The van der Waals surface area contributed by atoms with Crippen molar-refractivity contribution >= 4 is 22.8 Å². The van der Waals surface area contributed by atoms with Crippen molar-refractivity contribution < 1.29 is 14.3 Å². The van der Waals surface area contributed by atoms with Crippen LogP contribution in [-0.4, -0.2) is 41.0 Å². The summed E-state index contributed by atoms with van der Waals surface area (Å²) < 4.78 is 5.45. The molecule has 2 heterocycles. The summed E-state index contributed by atoms with van der Waals surface area (Å²) in [5, 5.41) is 0.925. The van der Waals surface area contributed by atoms with Crippen LogP contribution in [0.15, 0.2) is 24.3 Å². The first kappa shape index (κ1) is 16.4. The molecule has 0 bridgehead atoms. The molecule has 1 amide bonds. The fourth-order valence-electron chi connectivity index (χ4n) is 3.30. The number of aryl methyl sites for hydroxylation is 2. The topological polar surface area (TPSA) is 59.5 Å². The monoisotopic (exact) mass is 326 g/mol. The minimum absolute atomic E-state index is 0.120. The molecule has 5 heteroatoms. The third kappa shape index (κ3) is 2.98. The van der Waals surface area contributed by atoms with E-state index >= 15 is 0 Å². The summed E-state index contributed by atoms with van der Waals surface area (Å²) >= 11 is 0. The number of fused-ring (bicyclic) bond motifs is 1. The van der Waals surface area contributed by atoms with E-state index in [4.69, 9.17) is 4.74 Å². The zero-order valence-corrected chi connectivity index (χ0v) is 14.3. The molecule has 0 saturated carbocycles. The van der Waals surface area contributed by atoms with Crippen LogP contribution in [0.4, 0.5) is 0 Å². The molecular formula is C19H22N2O3. The van der Waals surface area contributed by atoms with E-state index in [0.717, 1.165) is 42.4 Å². The van der Waals surface area contributed by atoms with Gasteiger partial charge in [-0.2, -0.15) is 0 Å². The van der Waals surface area contributed by atoms with Gasteiger partial charge in [-0.3, -0.25) is 9.78 Å². The van der Waals surface area contributed by atoms with Gasteiger partial charge in [0, 0.05) is 18.5 Å². The van der Waals surface area contributed by atoms with E-state index in [0.29, 0.717) is 11.3 Å². The fraction of sp³-hybridized carbons (Fsp3) is 0.421. The Hall–Kier alpha value is -2.43. The molecule has 0 unspecified atom stereocenters. The van der Waals surface area contributed by atoms with Gasteiger partial charge in [-0.25, -0.2) is 4.79 Å². The Morgan fingerprint density at radius 2 is 1.83 bits per heavy atom. The largest absolute Gasteiger partial charge is 0.449 e. The van der Waals surface area contributed by atoms with Gasteiger partial charge in [-0.05, 0) is 45.2 Å².